The zero-order valence-electron chi connectivity index (χ0n) is 5.86. The average molecular weight is 156 g/mol. The van der Waals surface area contributed by atoms with Crippen LogP contribution in [0.2, 0.25) is 0 Å². The predicted octanol–water partition coefficient (Wildman–Crippen LogP) is -0.0176. The molecule has 0 saturated carbocycles. The van der Waals surface area contributed by atoms with E-state index >= 15 is 0 Å². The normalized spacial score (nSPS) is 27.8. The van der Waals surface area contributed by atoms with Crippen molar-refractivity contribution in [2.75, 3.05) is 19.7 Å². The van der Waals surface area contributed by atoms with Gasteiger partial charge in [0.15, 0.2) is 0 Å². The highest BCUT2D eigenvalue weighted by atomic mass is 16.6. The van der Waals surface area contributed by atoms with Crippen LogP contribution in [0.15, 0.2) is 5.16 Å². The number of hydrogen-bond donors (Lipinski definition) is 1. The van der Waals surface area contributed by atoms with E-state index in [9.17, 15) is 4.79 Å². The van der Waals surface area contributed by atoms with Gasteiger partial charge in [-0.25, -0.2) is 4.79 Å². The minimum Gasteiger partial charge on any atom is -0.465 e. The SMILES string of the molecule is O=C(O)N1CC2=NOCC2C1. The maximum absolute atomic E-state index is 10.5. The summed E-state index contributed by atoms with van der Waals surface area (Å²) in [5.74, 6) is 0.214. The Hall–Kier alpha value is -1.26. The van der Waals surface area contributed by atoms with E-state index in [0.29, 0.717) is 19.7 Å². The molecule has 0 spiro atoms. The second kappa shape index (κ2) is 2.11. The molecule has 11 heavy (non-hydrogen) atoms. The first-order valence-electron chi connectivity index (χ1n) is 3.44. The molecule has 60 valence electrons. The van der Waals surface area contributed by atoms with E-state index in [2.05, 4.69) is 5.16 Å². The van der Waals surface area contributed by atoms with Gasteiger partial charge in [0.2, 0.25) is 0 Å². The lowest BCUT2D eigenvalue weighted by Crippen LogP contribution is -2.27. The van der Waals surface area contributed by atoms with E-state index in [1.165, 1.54) is 4.90 Å². The zero-order chi connectivity index (χ0) is 7.84. The molecule has 0 aromatic heterocycles. The number of rotatable bonds is 0. The second-order valence-electron chi connectivity index (χ2n) is 2.74. The fourth-order valence-electron chi connectivity index (χ4n) is 1.37. The topological polar surface area (TPSA) is 62.1 Å². The predicted molar refractivity (Wildman–Crippen MR) is 36.5 cm³/mol. The van der Waals surface area contributed by atoms with Crippen LogP contribution >= 0.6 is 0 Å². The minimum atomic E-state index is -0.873. The zero-order valence-corrected chi connectivity index (χ0v) is 5.86. The number of hydrogen-bond acceptors (Lipinski definition) is 3. The summed E-state index contributed by atoms with van der Waals surface area (Å²) in [4.78, 5) is 16.6. The van der Waals surface area contributed by atoms with Gasteiger partial charge in [-0.15, -0.1) is 0 Å². The van der Waals surface area contributed by atoms with Crippen LogP contribution in [-0.4, -0.2) is 41.5 Å². The van der Waals surface area contributed by atoms with E-state index in [1.54, 1.807) is 0 Å². The Kier molecular flexibility index (Phi) is 1.24. The van der Waals surface area contributed by atoms with Crippen LogP contribution in [0.5, 0.6) is 0 Å². The van der Waals surface area contributed by atoms with E-state index < -0.39 is 6.09 Å². The van der Waals surface area contributed by atoms with Crippen molar-refractivity contribution in [3.63, 3.8) is 0 Å². The molecule has 2 rings (SSSR count). The summed E-state index contributed by atoms with van der Waals surface area (Å²) in [6.07, 6.45) is -0.873. The molecule has 2 aliphatic rings. The summed E-state index contributed by atoms with van der Waals surface area (Å²) >= 11 is 0. The third-order valence-electron chi connectivity index (χ3n) is 1.99. The first-order valence-corrected chi connectivity index (χ1v) is 3.44. The van der Waals surface area contributed by atoms with Crippen LogP contribution in [0.1, 0.15) is 0 Å². The number of nitrogens with zero attached hydrogens (tertiary/aromatic N) is 2. The quantitative estimate of drug-likeness (QED) is 0.536. The summed E-state index contributed by atoms with van der Waals surface area (Å²) in [6, 6.07) is 0. The lowest BCUT2D eigenvalue weighted by molar-refractivity contribution is 0.129. The van der Waals surface area contributed by atoms with Crippen LogP contribution in [0.25, 0.3) is 0 Å². The number of carboxylic acid groups (broad SMARTS) is 1. The molecule has 1 atom stereocenters. The molecule has 0 aliphatic carbocycles. The summed E-state index contributed by atoms with van der Waals surface area (Å²) in [5.41, 5.74) is 0.868. The van der Waals surface area contributed by atoms with Crippen molar-refractivity contribution in [1.29, 1.82) is 0 Å². The molecule has 1 saturated heterocycles. The number of oxime groups is 1. The largest absolute Gasteiger partial charge is 0.465 e. The monoisotopic (exact) mass is 156 g/mol. The number of fused-ring (bicyclic) bond motifs is 1. The fourth-order valence-corrected chi connectivity index (χ4v) is 1.37. The molecule has 0 aromatic carbocycles. The molecule has 0 bridgehead atoms. The highest BCUT2D eigenvalue weighted by Gasteiger charge is 2.35. The van der Waals surface area contributed by atoms with Gasteiger partial charge in [0.1, 0.15) is 6.61 Å². The Bertz CT molecular complexity index is 226. The molecule has 5 nitrogen and oxygen atoms in total. The molecule has 2 heterocycles. The molecule has 5 heteroatoms. The maximum atomic E-state index is 10.5. The third kappa shape index (κ3) is 0.923. The number of carbonyl (C=O) groups is 1. The van der Waals surface area contributed by atoms with Gasteiger partial charge >= 0.3 is 6.09 Å². The van der Waals surface area contributed by atoms with Crippen molar-refractivity contribution in [1.82, 2.24) is 4.90 Å². The van der Waals surface area contributed by atoms with Crippen molar-refractivity contribution >= 4 is 11.8 Å². The van der Waals surface area contributed by atoms with E-state index in [0.717, 1.165) is 5.71 Å². The van der Waals surface area contributed by atoms with E-state index in [-0.39, 0.29) is 5.92 Å². The van der Waals surface area contributed by atoms with Gasteiger partial charge in [-0.3, -0.25) is 0 Å². The molecular formula is C6H8N2O3. The van der Waals surface area contributed by atoms with Gasteiger partial charge < -0.3 is 14.8 Å². The molecule has 2 aliphatic heterocycles. The summed E-state index contributed by atoms with van der Waals surface area (Å²) in [6.45, 7) is 1.49. The summed E-state index contributed by atoms with van der Waals surface area (Å²) in [5, 5.41) is 12.3. The Morgan fingerprint density at radius 1 is 1.82 bits per heavy atom. The van der Waals surface area contributed by atoms with Crippen LogP contribution in [0.3, 0.4) is 0 Å². The molecular weight excluding hydrogens is 148 g/mol. The Morgan fingerprint density at radius 2 is 2.64 bits per heavy atom. The van der Waals surface area contributed by atoms with Crippen molar-refractivity contribution in [2.24, 2.45) is 11.1 Å². The fraction of sp³-hybridized carbons (Fsp3) is 0.667. The molecule has 1 fully saturated rings. The van der Waals surface area contributed by atoms with Gasteiger partial charge in [-0.2, -0.15) is 0 Å². The summed E-state index contributed by atoms with van der Waals surface area (Å²) < 4.78 is 0. The Morgan fingerprint density at radius 3 is 3.27 bits per heavy atom. The van der Waals surface area contributed by atoms with Crippen molar-refractivity contribution in [3.8, 4) is 0 Å². The minimum absolute atomic E-state index is 0.214. The van der Waals surface area contributed by atoms with Gasteiger partial charge in [-0.1, -0.05) is 5.16 Å². The Labute approximate surface area is 63.2 Å². The molecule has 1 unspecified atom stereocenters. The lowest BCUT2D eigenvalue weighted by atomic mass is 10.1. The average Bonchev–Trinajstić information content (AvgIpc) is 2.40. The molecule has 0 aromatic rings. The van der Waals surface area contributed by atoms with Crippen molar-refractivity contribution in [3.05, 3.63) is 0 Å². The van der Waals surface area contributed by atoms with Crippen molar-refractivity contribution in [2.45, 2.75) is 0 Å². The standard InChI is InChI=1S/C6H8N2O3/c9-6(10)8-1-4-3-11-7-5(4)2-8/h4H,1-3H2,(H,9,10). The number of likely N-dealkylation sites (tertiary alicyclic amines) is 1. The highest BCUT2D eigenvalue weighted by molar-refractivity contribution is 5.94. The van der Waals surface area contributed by atoms with Gasteiger partial charge in [0, 0.05) is 6.54 Å². The van der Waals surface area contributed by atoms with E-state index in [1.807, 2.05) is 0 Å². The van der Waals surface area contributed by atoms with Crippen LogP contribution in [-0.2, 0) is 4.84 Å². The number of amides is 1. The second-order valence-corrected chi connectivity index (χ2v) is 2.74. The highest BCUT2D eigenvalue weighted by Crippen LogP contribution is 2.19. The van der Waals surface area contributed by atoms with Gasteiger partial charge in [0.25, 0.3) is 0 Å². The molecule has 0 radical (unpaired) electrons. The van der Waals surface area contributed by atoms with E-state index in [4.69, 9.17) is 9.94 Å². The summed E-state index contributed by atoms with van der Waals surface area (Å²) in [7, 11) is 0. The van der Waals surface area contributed by atoms with Gasteiger partial charge in [-0.05, 0) is 0 Å². The maximum Gasteiger partial charge on any atom is 0.407 e. The Balaban J connectivity index is 2.09. The van der Waals surface area contributed by atoms with Gasteiger partial charge in [0.05, 0.1) is 18.2 Å². The lowest BCUT2D eigenvalue weighted by Gasteiger charge is -2.09. The molecule has 1 amide bonds. The first-order chi connectivity index (χ1) is 5.27. The molecule has 1 N–H and O–H groups in total. The third-order valence-corrected chi connectivity index (χ3v) is 1.99. The first kappa shape index (κ1) is 6.45. The van der Waals surface area contributed by atoms with Crippen LogP contribution in [0, 0.1) is 5.92 Å². The smallest absolute Gasteiger partial charge is 0.407 e. The van der Waals surface area contributed by atoms with Crippen molar-refractivity contribution < 1.29 is 14.7 Å². The van der Waals surface area contributed by atoms with Crippen LogP contribution < -0.4 is 0 Å². The van der Waals surface area contributed by atoms with Crippen LogP contribution in [0.4, 0.5) is 4.79 Å².